The van der Waals surface area contributed by atoms with Crippen LogP contribution in [0.25, 0.3) is 0 Å². The summed E-state index contributed by atoms with van der Waals surface area (Å²) in [6.45, 7) is 7.41. The lowest BCUT2D eigenvalue weighted by molar-refractivity contribution is -0.431. The second kappa shape index (κ2) is 6.29. The lowest BCUT2D eigenvalue weighted by atomic mass is 9.39. The van der Waals surface area contributed by atoms with Gasteiger partial charge in [-0.1, -0.05) is 32.0 Å². The van der Waals surface area contributed by atoms with Crippen molar-refractivity contribution in [3.8, 4) is 0 Å². The first-order valence-corrected chi connectivity index (χ1v) is 9.92. The number of aliphatic hydroxyl groups is 1. The van der Waals surface area contributed by atoms with Gasteiger partial charge < -0.3 is 19.3 Å². The number of carbonyl (C=O) groups is 2. The van der Waals surface area contributed by atoms with Crippen LogP contribution in [0.3, 0.4) is 0 Å². The number of rotatable bonds is 4. The van der Waals surface area contributed by atoms with E-state index in [1.165, 1.54) is 6.92 Å². The molecule has 3 saturated carbocycles. The van der Waals surface area contributed by atoms with Crippen LogP contribution in [0, 0.1) is 23.2 Å². The molecule has 4 aliphatic rings. The number of hydrogen-bond donors (Lipinski definition) is 1. The van der Waals surface area contributed by atoms with Crippen molar-refractivity contribution in [1.82, 2.24) is 0 Å². The first-order valence-electron chi connectivity index (χ1n) is 9.92. The molecule has 6 unspecified atom stereocenters. The average molecular weight is 388 g/mol. The van der Waals surface area contributed by atoms with E-state index in [1.54, 1.807) is 24.3 Å². The average Bonchev–Trinajstić information content (AvgIpc) is 2.59. The molecule has 1 aromatic carbocycles. The van der Waals surface area contributed by atoms with E-state index in [0.717, 1.165) is 0 Å². The molecule has 5 rings (SSSR count). The summed E-state index contributed by atoms with van der Waals surface area (Å²) in [7, 11) is 0. The molecule has 6 nitrogen and oxygen atoms in total. The van der Waals surface area contributed by atoms with E-state index < -0.39 is 16.8 Å². The number of carbonyl (C=O) groups excluding carboxylic acids is 2. The summed E-state index contributed by atoms with van der Waals surface area (Å²) in [5.41, 5.74) is -0.874. The molecule has 28 heavy (non-hydrogen) atoms. The van der Waals surface area contributed by atoms with Crippen molar-refractivity contribution in [3.63, 3.8) is 0 Å². The molecule has 0 amide bonds. The molecule has 1 N–H and O–H groups in total. The summed E-state index contributed by atoms with van der Waals surface area (Å²) in [4.78, 5) is 24.2. The van der Waals surface area contributed by atoms with Crippen molar-refractivity contribution in [3.05, 3.63) is 35.9 Å². The van der Waals surface area contributed by atoms with E-state index in [4.69, 9.17) is 14.2 Å². The van der Waals surface area contributed by atoms with Gasteiger partial charge in [-0.3, -0.25) is 4.79 Å². The third-order valence-corrected chi connectivity index (χ3v) is 7.12. The Hall–Kier alpha value is -1.92. The zero-order valence-corrected chi connectivity index (χ0v) is 16.8. The Kier molecular flexibility index (Phi) is 4.36. The molecule has 1 aliphatic heterocycles. The molecule has 4 fully saturated rings. The maximum Gasteiger partial charge on any atom is 0.338 e. The van der Waals surface area contributed by atoms with Crippen LogP contribution in [0.15, 0.2) is 30.3 Å². The molecule has 152 valence electrons. The molecule has 0 radical (unpaired) electrons. The van der Waals surface area contributed by atoms with Crippen molar-refractivity contribution in [2.75, 3.05) is 6.61 Å². The normalized spacial score (nSPS) is 40.2. The van der Waals surface area contributed by atoms with E-state index in [0.29, 0.717) is 18.4 Å². The standard InChI is InChI=1S/C22H28O6/c1-13-16(11-26-19(24)15-8-6-5-7-9-15)18-17-10-21(18,25)20(3,4)12-22(17,27-13)28-14(2)23/h5-9,13,16-18,25H,10-12H2,1-4H3. The monoisotopic (exact) mass is 388 g/mol. The van der Waals surface area contributed by atoms with Crippen LogP contribution in [0.2, 0.25) is 0 Å². The van der Waals surface area contributed by atoms with Crippen LogP contribution in [0.4, 0.5) is 0 Å². The molecule has 6 atom stereocenters. The van der Waals surface area contributed by atoms with Gasteiger partial charge in [-0.25, -0.2) is 4.79 Å². The first-order chi connectivity index (χ1) is 13.1. The van der Waals surface area contributed by atoms with Crippen molar-refractivity contribution in [1.29, 1.82) is 0 Å². The number of ether oxygens (including phenoxy) is 3. The molecule has 6 heteroatoms. The maximum absolute atomic E-state index is 12.4. The molecule has 1 saturated heterocycles. The second-order valence-corrected chi connectivity index (χ2v) is 9.18. The van der Waals surface area contributed by atoms with Gasteiger partial charge >= 0.3 is 11.9 Å². The summed E-state index contributed by atoms with van der Waals surface area (Å²) in [5, 5.41) is 11.5. The van der Waals surface area contributed by atoms with Gasteiger partial charge in [0.05, 0.1) is 23.9 Å². The van der Waals surface area contributed by atoms with Crippen LogP contribution in [-0.2, 0) is 19.0 Å². The highest BCUT2D eigenvalue weighted by molar-refractivity contribution is 5.89. The Morgan fingerprint density at radius 3 is 2.54 bits per heavy atom. The van der Waals surface area contributed by atoms with E-state index in [2.05, 4.69) is 0 Å². The van der Waals surface area contributed by atoms with Crippen molar-refractivity contribution < 1.29 is 28.9 Å². The number of hydrogen-bond acceptors (Lipinski definition) is 6. The van der Waals surface area contributed by atoms with Crippen LogP contribution >= 0.6 is 0 Å². The lowest BCUT2D eigenvalue weighted by Gasteiger charge is -2.73. The molecular formula is C22H28O6. The second-order valence-electron chi connectivity index (χ2n) is 9.18. The molecule has 0 aromatic heterocycles. The summed E-state index contributed by atoms with van der Waals surface area (Å²) in [6, 6.07) is 8.85. The topological polar surface area (TPSA) is 82.1 Å². The van der Waals surface area contributed by atoms with Crippen molar-refractivity contribution >= 4 is 11.9 Å². The third-order valence-electron chi connectivity index (χ3n) is 7.12. The Morgan fingerprint density at radius 1 is 1.25 bits per heavy atom. The van der Waals surface area contributed by atoms with Crippen LogP contribution < -0.4 is 0 Å². The van der Waals surface area contributed by atoms with Gasteiger partial charge in [0.1, 0.15) is 0 Å². The van der Waals surface area contributed by atoms with Crippen LogP contribution in [-0.4, -0.2) is 41.1 Å². The van der Waals surface area contributed by atoms with Crippen molar-refractivity contribution in [2.45, 2.75) is 58.0 Å². The van der Waals surface area contributed by atoms with Gasteiger partial charge in [0.25, 0.3) is 0 Å². The van der Waals surface area contributed by atoms with E-state index in [9.17, 15) is 14.7 Å². The fourth-order valence-corrected chi connectivity index (χ4v) is 5.75. The SMILES string of the molecule is CC(=O)OC12CC(C)(C)C3(O)CC1C3C(COC(=O)c1ccccc1)C(C)O2. The Bertz CT molecular complexity index is 789. The molecule has 1 aromatic rings. The quantitative estimate of drug-likeness (QED) is 0.799. The maximum atomic E-state index is 12.4. The molecule has 0 spiro atoms. The number of fused-ring (bicyclic) bond motifs is 1. The minimum absolute atomic E-state index is 0.0916. The van der Waals surface area contributed by atoms with E-state index >= 15 is 0 Å². The van der Waals surface area contributed by atoms with Gasteiger partial charge in [-0.05, 0) is 25.5 Å². The van der Waals surface area contributed by atoms with Gasteiger partial charge in [0, 0.05) is 36.5 Å². The predicted octanol–water partition coefficient (Wildman–Crippen LogP) is 2.93. The highest BCUT2D eigenvalue weighted by atomic mass is 16.7. The smallest absolute Gasteiger partial charge is 0.338 e. The first kappa shape index (κ1) is 19.4. The minimum Gasteiger partial charge on any atom is -0.462 e. The zero-order valence-electron chi connectivity index (χ0n) is 16.8. The van der Waals surface area contributed by atoms with Gasteiger partial charge in [-0.15, -0.1) is 0 Å². The largest absolute Gasteiger partial charge is 0.462 e. The minimum atomic E-state index is -1.01. The van der Waals surface area contributed by atoms with Gasteiger partial charge in [-0.2, -0.15) is 0 Å². The third kappa shape index (κ3) is 2.69. The number of esters is 2. The molecule has 1 heterocycles. The fraction of sp³-hybridized carbons (Fsp3) is 0.636. The highest BCUT2D eigenvalue weighted by Gasteiger charge is 2.78. The van der Waals surface area contributed by atoms with E-state index in [-0.39, 0.29) is 42.4 Å². The predicted molar refractivity (Wildman–Crippen MR) is 100 cm³/mol. The van der Waals surface area contributed by atoms with E-state index in [1.807, 2.05) is 26.8 Å². The summed E-state index contributed by atoms with van der Waals surface area (Å²) in [6.07, 6.45) is 0.665. The van der Waals surface area contributed by atoms with Gasteiger partial charge in [0.15, 0.2) is 0 Å². The van der Waals surface area contributed by atoms with Crippen LogP contribution in [0.5, 0.6) is 0 Å². The highest BCUT2D eigenvalue weighted by Crippen LogP contribution is 2.71. The Morgan fingerprint density at radius 2 is 1.93 bits per heavy atom. The summed E-state index contributed by atoms with van der Waals surface area (Å²) >= 11 is 0. The molecule has 4 bridgehead atoms. The fourth-order valence-electron chi connectivity index (χ4n) is 5.75. The summed E-state index contributed by atoms with van der Waals surface area (Å²) in [5.74, 6) is -2.19. The lowest BCUT2D eigenvalue weighted by Crippen LogP contribution is -2.80. The number of benzene rings is 1. The summed E-state index contributed by atoms with van der Waals surface area (Å²) < 4.78 is 17.6. The van der Waals surface area contributed by atoms with Gasteiger partial charge in [0.2, 0.25) is 5.79 Å². The molecular weight excluding hydrogens is 360 g/mol. The Balaban J connectivity index is 1.57. The molecule has 3 aliphatic carbocycles. The zero-order chi connectivity index (χ0) is 20.3. The van der Waals surface area contributed by atoms with Crippen LogP contribution in [0.1, 0.15) is 50.9 Å². The van der Waals surface area contributed by atoms with Crippen molar-refractivity contribution in [2.24, 2.45) is 23.2 Å². The Labute approximate surface area is 165 Å².